The lowest BCUT2D eigenvalue weighted by molar-refractivity contribution is 0.410. The molecular weight excluding hydrogens is 372 g/mol. The lowest BCUT2D eigenvalue weighted by atomic mass is 9.83. The molecule has 0 aliphatic carbocycles. The molecule has 0 saturated heterocycles. The van der Waals surface area contributed by atoms with Crippen molar-refractivity contribution in [3.8, 4) is 22.4 Å². The van der Waals surface area contributed by atoms with Crippen LogP contribution in [0.5, 0.6) is 0 Å². The van der Waals surface area contributed by atoms with Gasteiger partial charge in [0.05, 0.1) is 22.1 Å². The smallest absolute Gasteiger partial charge is 0.146 e. The normalized spacial score (nSPS) is 17.8. The van der Waals surface area contributed by atoms with Crippen molar-refractivity contribution in [2.45, 2.75) is 19.0 Å². The largest absolute Gasteiger partial charge is 0.383 e. The SMILES string of the molecule is CC1(N)Cn2c(c(-c3cnc4ccccc4c3)c3c(N)ncnc32)-c2ccccc21. The average Bonchev–Trinajstić information content (AvgIpc) is 3.08. The highest BCUT2D eigenvalue weighted by atomic mass is 15.1. The van der Waals surface area contributed by atoms with Crippen molar-refractivity contribution < 1.29 is 0 Å². The van der Waals surface area contributed by atoms with E-state index in [2.05, 4.69) is 45.7 Å². The van der Waals surface area contributed by atoms with Gasteiger partial charge in [-0.05, 0) is 24.6 Å². The Balaban J connectivity index is 1.78. The maximum atomic E-state index is 6.75. The molecule has 0 fully saturated rings. The second kappa shape index (κ2) is 5.87. The first-order valence-electron chi connectivity index (χ1n) is 9.91. The predicted octanol–water partition coefficient (Wildman–Crippen LogP) is 4.08. The fraction of sp³-hybridized carbons (Fsp3) is 0.125. The molecule has 30 heavy (non-hydrogen) atoms. The van der Waals surface area contributed by atoms with Crippen molar-refractivity contribution in [2.24, 2.45) is 5.73 Å². The van der Waals surface area contributed by atoms with E-state index in [1.54, 1.807) is 0 Å². The molecule has 1 aliphatic heterocycles. The summed E-state index contributed by atoms with van der Waals surface area (Å²) >= 11 is 0. The highest BCUT2D eigenvalue weighted by Gasteiger charge is 2.36. The van der Waals surface area contributed by atoms with Crippen molar-refractivity contribution in [1.82, 2.24) is 19.5 Å². The van der Waals surface area contributed by atoms with Gasteiger partial charge in [0.1, 0.15) is 17.8 Å². The topological polar surface area (TPSA) is 95.6 Å². The standard InChI is InChI=1S/C24H20N6/c1-24(26)12-30-21(16-7-3-4-8-17(16)24)19(20-22(25)28-13-29-23(20)30)15-10-14-6-2-5-9-18(14)27-11-15/h2-11,13H,12,26H2,1H3,(H2,25,28,29). The zero-order valence-electron chi connectivity index (χ0n) is 16.5. The Morgan fingerprint density at radius 3 is 2.70 bits per heavy atom. The Morgan fingerprint density at radius 1 is 1.00 bits per heavy atom. The van der Waals surface area contributed by atoms with E-state index < -0.39 is 5.54 Å². The quantitative estimate of drug-likeness (QED) is 0.448. The van der Waals surface area contributed by atoms with Crippen molar-refractivity contribution in [1.29, 1.82) is 0 Å². The molecule has 4 N–H and O–H groups in total. The summed E-state index contributed by atoms with van der Waals surface area (Å²) in [5, 5.41) is 1.92. The number of nitrogen functional groups attached to an aromatic ring is 1. The van der Waals surface area contributed by atoms with Crippen LogP contribution in [0.2, 0.25) is 0 Å². The number of benzene rings is 2. The van der Waals surface area contributed by atoms with E-state index >= 15 is 0 Å². The van der Waals surface area contributed by atoms with Gasteiger partial charge in [-0.1, -0.05) is 42.5 Å². The van der Waals surface area contributed by atoms with Crippen molar-refractivity contribution in [2.75, 3.05) is 5.73 Å². The number of pyridine rings is 1. The Bertz CT molecular complexity index is 1460. The summed E-state index contributed by atoms with van der Waals surface area (Å²) in [5.74, 6) is 0.460. The predicted molar refractivity (Wildman–Crippen MR) is 120 cm³/mol. The summed E-state index contributed by atoms with van der Waals surface area (Å²) in [6.07, 6.45) is 3.42. The van der Waals surface area contributed by atoms with E-state index in [-0.39, 0.29) is 0 Å². The summed E-state index contributed by atoms with van der Waals surface area (Å²) in [4.78, 5) is 13.6. The molecule has 3 aromatic heterocycles. The molecule has 2 aromatic carbocycles. The molecule has 4 heterocycles. The fourth-order valence-corrected chi connectivity index (χ4v) is 4.72. The lowest BCUT2D eigenvalue weighted by Crippen LogP contribution is -2.41. The van der Waals surface area contributed by atoms with Crippen molar-refractivity contribution >= 4 is 27.8 Å². The summed E-state index contributed by atoms with van der Waals surface area (Å²) in [6, 6.07) is 18.6. The third-order valence-electron chi connectivity index (χ3n) is 6.03. The molecule has 0 spiro atoms. The van der Waals surface area contributed by atoms with Gasteiger partial charge >= 0.3 is 0 Å². The molecule has 1 atom stereocenters. The van der Waals surface area contributed by atoms with Crippen LogP contribution in [0.1, 0.15) is 12.5 Å². The van der Waals surface area contributed by atoms with Crippen LogP contribution in [-0.2, 0) is 12.1 Å². The summed E-state index contributed by atoms with van der Waals surface area (Å²) in [5.41, 5.74) is 19.6. The first-order valence-corrected chi connectivity index (χ1v) is 9.91. The van der Waals surface area contributed by atoms with E-state index in [1.807, 2.05) is 36.5 Å². The molecule has 5 aromatic rings. The Kier molecular flexibility index (Phi) is 3.35. The summed E-state index contributed by atoms with van der Waals surface area (Å²) in [6.45, 7) is 2.66. The van der Waals surface area contributed by atoms with Crippen molar-refractivity contribution in [3.63, 3.8) is 0 Å². The molecule has 1 unspecified atom stereocenters. The van der Waals surface area contributed by atoms with Gasteiger partial charge in [0.25, 0.3) is 0 Å². The first-order chi connectivity index (χ1) is 14.5. The minimum absolute atomic E-state index is 0.460. The second-order valence-electron chi connectivity index (χ2n) is 8.15. The van der Waals surface area contributed by atoms with Gasteiger partial charge in [0.15, 0.2) is 0 Å². The number of aromatic nitrogens is 4. The molecule has 0 saturated carbocycles. The van der Waals surface area contributed by atoms with Crippen LogP contribution < -0.4 is 11.5 Å². The molecule has 6 heteroatoms. The lowest BCUT2D eigenvalue weighted by Gasteiger charge is -2.34. The van der Waals surface area contributed by atoms with Gasteiger partial charge < -0.3 is 16.0 Å². The zero-order chi connectivity index (χ0) is 20.5. The fourth-order valence-electron chi connectivity index (χ4n) is 4.72. The third-order valence-corrected chi connectivity index (χ3v) is 6.03. The summed E-state index contributed by atoms with van der Waals surface area (Å²) < 4.78 is 2.18. The van der Waals surface area contributed by atoms with E-state index in [0.29, 0.717) is 12.4 Å². The van der Waals surface area contributed by atoms with Gasteiger partial charge in [-0.15, -0.1) is 0 Å². The van der Waals surface area contributed by atoms with Gasteiger partial charge in [-0.3, -0.25) is 4.98 Å². The van der Waals surface area contributed by atoms with Crippen LogP contribution in [0, 0.1) is 0 Å². The number of nitrogens with zero attached hydrogens (tertiary/aromatic N) is 4. The minimum Gasteiger partial charge on any atom is -0.383 e. The Hall–Kier alpha value is -3.77. The molecule has 6 nitrogen and oxygen atoms in total. The number of hydrogen-bond acceptors (Lipinski definition) is 5. The van der Waals surface area contributed by atoms with Crippen LogP contribution in [-0.4, -0.2) is 19.5 Å². The number of hydrogen-bond donors (Lipinski definition) is 2. The number of rotatable bonds is 1. The number of nitrogens with two attached hydrogens (primary N) is 2. The average molecular weight is 392 g/mol. The van der Waals surface area contributed by atoms with Gasteiger partial charge in [0.2, 0.25) is 0 Å². The van der Waals surface area contributed by atoms with Crippen LogP contribution >= 0.6 is 0 Å². The first kappa shape index (κ1) is 17.1. The number of para-hydroxylation sites is 1. The van der Waals surface area contributed by atoms with E-state index in [0.717, 1.165) is 49.9 Å². The van der Waals surface area contributed by atoms with Crippen LogP contribution in [0.4, 0.5) is 5.82 Å². The third kappa shape index (κ3) is 2.25. The summed E-state index contributed by atoms with van der Waals surface area (Å²) in [7, 11) is 0. The second-order valence-corrected chi connectivity index (χ2v) is 8.15. The van der Waals surface area contributed by atoms with E-state index in [1.165, 1.54) is 6.33 Å². The number of fused-ring (bicyclic) bond motifs is 6. The van der Waals surface area contributed by atoms with Crippen LogP contribution in [0.25, 0.3) is 44.3 Å². The zero-order valence-corrected chi connectivity index (χ0v) is 16.5. The number of anilines is 1. The molecule has 0 bridgehead atoms. The maximum absolute atomic E-state index is 6.75. The molecule has 0 radical (unpaired) electrons. The van der Waals surface area contributed by atoms with Gasteiger partial charge in [0, 0.05) is 34.8 Å². The minimum atomic E-state index is -0.520. The molecule has 6 rings (SSSR count). The highest BCUT2D eigenvalue weighted by Crippen LogP contribution is 2.48. The van der Waals surface area contributed by atoms with Gasteiger partial charge in [-0.25, -0.2) is 9.97 Å². The molecule has 0 amide bonds. The van der Waals surface area contributed by atoms with E-state index in [4.69, 9.17) is 16.5 Å². The Labute approximate surface area is 173 Å². The monoisotopic (exact) mass is 392 g/mol. The van der Waals surface area contributed by atoms with Crippen molar-refractivity contribution in [3.05, 3.63) is 72.7 Å². The molecular formula is C24H20N6. The van der Waals surface area contributed by atoms with Crippen LogP contribution in [0.3, 0.4) is 0 Å². The van der Waals surface area contributed by atoms with E-state index in [9.17, 15) is 0 Å². The molecule has 1 aliphatic rings. The highest BCUT2D eigenvalue weighted by molar-refractivity contribution is 6.09. The van der Waals surface area contributed by atoms with Gasteiger partial charge in [-0.2, -0.15) is 0 Å². The maximum Gasteiger partial charge on any atom is 0.146 e. The molecule has 146 valence electrons. The van der Waals surface area contributed by atoms with Crippen LogP contribution in [0.15, 0.2) is 67.1 Å². The Morgan fingerprint density at radius 2 is 1.80 bits per heavy atom.